The predicted octanol–water partition coefficient (Wildman–Crippen LogP) is 2.62. The topological polar surface area (TPSA) is 78.4 Å². The molecule has 0 bridgehead atoms. The lowest BCUT2D eigenvalue weighted by Crippen LogP contribution is -2.46. The van der Waals surface area contributed by atoms with E-state index in [0.29, 0.717) is 12.1 Å². The second kappa shape index (κ2) is 6.78. The van der Waals surface area contributed by atoms with E-state index >= 15 is 0 Å². The Morgan fingerprint density at radius 3 is 2.32 bits per heavy atom. The lowest BCUT2D eigenvalue weighted by Gasteiger charge is -2.20. The summed E-state index contributed by atoms with van der Waals surface area (Å²) in [5, 5.41) is 14.2. The number of hydrogen-bond acceptors (Lipinski definition) is 2. The molecule has 5 heteroatoms. The Labute approximate surface area is 113 Å². The minimum atomic E-state index is -1.02. The summed E-state index contributed by atoms with van der Waals surface area (Å²) in [5.41, 5.74) is 1.73. The fraction of sp³-hybridized carbons (Fsp3) is 0.429. The number of anilines is 1. The summed E-state index contributed by atoms with van der Waals surface area (Å²) in [6.07, 6.45) is 0.682. The van der Waals surface area contributed by atoms with Gasteiger partial charge in [0, 0.05) is 5.69 Å². The molecule has 19 heavy (non-hydrogen) atoms. The molecule has 0 aliphatic carbocycles. The monoisotopic (exact) mass is 264 g/mol. The van der Waals surface area contributed by atoms with Crippen LogP contribution in [0.1, 0.15) is 25.8 Å². The van der Waals surface area contributed by atoms with E-state index in [0.717, 1.165) is 5.56 Å². The van der Waals surface area contributed by atoms with Crippen LogP contribution in [-0.2, 0) is 4.79 Å². The van der Waals surface area contributed by atoms with Gasteiger partial charge in [-0.1, -0.05) is 38.0 Å². The van der Waals surface area contributed by atoms with Crippen molar-refractivity contribution in [3.8, 4) is 0 Å². The predicted molar refractivity (Wildman–Crippen MR) is 74.2 cm³/mol. The first-order chi connectivity index (χ1) is 8.93. The van der Waals surface area contributed by atoms with Crippen LogP contribution in [0.2, 0.25) is 0 Å². The van der Waals surface area contributed by atoms with E-state index in [2.05, 4.69) is 10.6 Å². The Kier molecular flexibility index (Phi) is 5.36. The Balaban J connectivity index is 2.62. The Bertz CT molecular complexity index is 443. The molecule has 5 nitrogen and oxygen atoms in total. The average molecular weight is 264 g/mol. The van der Waals surface area contributed by atoms with E-state index in [1.807, 2.05) is 26.0 Å². The highest BCUT2D eigenvalue weighted by Gasteiger charge is 2.25. The number of urea groups is 1. The van der Waals surface area contributed by atoms with Gasteiger partial charge in [0.1, 0.15) is 6.04 Å². The number of aliphatic carboxylic acids is 1. The molecule has 1 aromatic carbocycles. The highest BCUT2D eigenvalue weighted by atomic mass is 16.4. The molecular weight excluding hydrogens is 244 g/mol. The van der Waals surface area contributed by atoms with Crippen molar-refractivity contribution in [2.75, 3.05) is 5.32 Å². The highest BCUT2D eigenvalue weighted by Crippen LogP contribution is 2.10. The van der Waals surface area contributed by atoms with E-state index in [1.165, 1.54) is 0 Å². The van der Waals surface area contributed by atoms with E-state index in [9.17, 15) is 9.59 Å². The fourth-order valence-corrected chi connectivity index (χ4v) is 1.63. The van der Waals surface area contributed by atoms with Crippen LogP contribution in [0, 0.1) is 12.8 Å². The van der Waals surface area contributed by atoms with Crippen molar-refractivity contribution in [1.82, 2.24) is 5.32 Å². The molecule has 0 spiro atoms. The van der Waals surface area contributed by atoms with Crippen LogP contribution >= 0.6 is 0 Å². The first-order valence-electron chi connectivity index (χ1n) is 6.31. The van der Waals surface area contributed by atoms with E-state index in [1.54, 1.807) is 19.1 Å². The van der Waals surface area contributed by atoms with Gasteiger partial charge in [-0.05, 0) is 25.0 Å². The molecule has 0 aliphatic rings. The van der Waals surface area contributed by atoms with Crippen LogP contribution in [0.3, 0.4) is 0 Å². The fourth-order valence-electron chi connectivity index (χ4n) is 1.63. The molecule has 0 saturated heterocycles. The number of carboxylic acid groups (broad SMARTS) is 1. The van der Waals surface area contributed by atoms with Gasteiger partial charge in [0.2, 0.25) is 0 Å². The molecule has 3 N–H and O–H groups in total. The molecular formula is C14H20N2O3. The zero-order chi connectivity index (χ0) is 14.4. The minimum absolute atomic E-state index is 0.124. The zero-order valence-corrected chi connectivity index (χ0v) is 11.4. The van der Waals surface area contributed by atoms with Crippen molar-refractivity contribution < 1.29 is 14.7 Å². The van der Waals surface area contributed by atoms with Gasteiger partial charge in [-0.2, -0.15) is 0 Å². The van der Waals surface area contributed by atoms with Crippen LogP contribution in [-0.4, -0.2) is 23.1 Å². The molecule has 2 atom stereocenters. The van der Waals surface area contributed by atoms with E-state index in [-0.39, 0.29) is 5.92 Å². The molecule has 1 rings (SSSR count). The number of carbonyl (C=O) groups excluding carboxylic acids is 1. The lowest BCUT2D eigenvalue weighted by atomic mass is 9.99. The minimum Gasteiger partial charge on any atom is -0.480 e. The number of nitrogens with one attached hydrogen (secondary N) is 2. The van der Waals surface area contributed by atoms with Gasteiger partial charge < -0.3 is 15.7 Å². The molecule has 0 saturated carbocycles. The third-order valence-corrected chi connectivity index (χ3v) is 3.08. The van der Waals surface area contributed by atoms with Crippen molar-refractivity contribution in [1.29, 1.82) is 0 Å². The van der Waals surface area contributed by atoms with Gasteiger partial charge in [-0.25, -0.2) is 9.59 Å². The number of carbonyl (C=O) groups is 2. The quantitative estimate of drug-likeness (QED) is 0.765. The number of aryl methyl sites for hydroxylation is 1. The number of hydrogen-bond donors (Lipinski definition) is 3. The maximum Gasteiger partial charge on any atom is 0.326 e. The second-order valence-electron chi connectivity index (χ2n) is 4.67. The molecule has 104 valence electrons. The summed E-state index contributed by atoms with van der Waals surface area (Å²) in [4.78, 5) is 22.8. The number of rotatable bonds is 5. The SMILES string of the molecule is CC[C@H](C)[C@H](NC(=O)Nc1ccc(C)cc1)C(=O)O. The molecule has 1 aromatic rings. The first-order valence-corrected chi connectivity index (χ1v) is 6.31. The molecule has 0 heterocycles. The van der Waals surface area contributed by atoms with Crippen LogP contribution < -0.4 is 10.6 Å². The summed E-state index contributed by atoms with van der Waals surface area (Å²) >= 11 is 0. The van der Waals surface area contributed by atoms with Crippen molar-refractivity contribution in [2.24, 2.45) is 5.92 Å². The normalized spacial score (nSPS) is 13.4. The van der Waals surface area contributed by atoms with E-state index < -0.39 is 18.0 Å². The molecule has 0 radical (unpaired) electrons. The zero-order valence-electron chi connectivity index (χ0n) is 11.4. The summed E-state index contributed by atoms with van der Waals surface area (Å²) in [6, 6.07) is 5.91. The van der Waals surface area contributed by atoms with Crippen LogP contribution in [0.4, 0.5) is 10.5 Å². The van der Waals surface area contributed by atoms with Gasteiger partial charge in [-0.15, -0.1) is 0 Å². The lowest BCUT2D eigenvalue weighted by molar-refractivity contribution is -0.140. The smallest absolute Gasteiger partial charge is 0.326 e. The van der Waals surface area contributed by atoms with Gasteiger partial charge in [-0.3, -0.25) is 0 Å². The van der Waals surface area contributed by atoms with Crippen LogP contribution in [0.25, 0.3) is 0 Å². The third-order valence-electron chi connectivity index (χ3n) is 3.08. The molecule has 0 unspecified atom stereocenters. The van der Waals surface area contributed by atoms with Crippen LogP contribution in [0.15, 0.2) is 24.3 Å². The number of benzene rings is 1. The summed E-state index contributed by atoms with van der Waals surface area (Å²) in [6.45, 7) is 5.64. The molecule has 2 amide bonds. The number of amides is 2. The first kappa shape index (κ1) is 15.0. The van der Waals surface area contributed by atoms with Crippen molar-refractivity contribution in [3.05, 3.63) is 29.8 Å². The van der Waals surface area contributed by atoms with Gasteiger partial charge in [0.15, 0.2) is 0 Å². The highest BCUT2D eigenvalue weighted by molar-refractivity contribution is 5.92. The molecule has 0 fully saturated rings. The van der Waals surface area contributed by atoms with Crippen molar-refractivity contribution >= 4 is 17.7 Å². The Hall–Kier alpha value is -2.04. The largest absolute Gasteiger partial charge is 0.480 e. The number of carboxylic acids is 1. The van der Waals surface area contributed by atoms with Crippen molar-refractivity contribution in [3.63, 3.8) is 0 Å². The van der Waals surface area contributed by atoms with Crippen LogP contribution in [0.5, 0.6) is 0 Å². The van der Waals surface area contributed by atoms with Crippen molar-refractivity contribution in [2.45, 2.75) is 33.2 Å². The van der Waals surface area contributed by atoms with Gasteiger partial charge >= 0.3 is 12.0 Å². The van der Waals surface area contributed by atoms with E-state index in [4.69, 9.17) is 5.11 Å². The summed E-state index contributed by atoms with van der Waals surface area (Å²) in [5.74, 6) is -1.14. The van der Waals surface area contributed by atoms with Gasteiger partial charge in [0.05, 0.1) is 0 Å². The Morgan fingerprint density at radius 2 is 1.84 bits per heavy atom. The molecule has 0 aromatic heterocycles. The summed E-state index contributed by atoms with van der Waals surface area (Å²) in [7, 11) is 0. The van der Waals surface area contributed by atoms with Gasteiger partial charge in [0.25, 0.3) is 0 Å². The average Bonchev–Trinajstić information content (AvgIpc) is 2.37. The Morgan fingerprint density at radius 1 is 1.26 bits per heavy atom. The standard InChI is InChI=1S/C14H20N2O3/c1-4-10(3)12(13(17)18)16-14(19)15-11-7-5-9(2)6-8-11/h5-8,10,12H,4H2,1-3H3,(H,17,18)(H2,15,16,19)/t10-,12-/m0/s1. The maximum absolute atomic E-state index is 11.7. The summed E-state index contributed by atoms with van der Waals surface area (Å²) < 4.78 is 0. The second-order valence-corrected chi connectivity index (χ2v) is 4.67. The molecule has 0 aliphatic heterocycles. The third kappa shape index (κ3) is 4.62. The maximum atomic E-state index is 11.7.